The summed E-state index contributed by atoms with van der Waals surface area (Å²) in [5, 5.41) is 3.42. The molecule has 0 bridgehead atoms. The molecule has 0 amide bonds. The maximum Gasteiger partial charge on any atom is 0.241 e. The standard InChI is InChI=1S/C12H15FN4O3S/c1-7-5-9(13)11(14)8(2)12(7)21(18,19)17-4-3-10-15-6-16-20-10/h5-6,17H,3-4,14H2,1-2H3. The van der Waals surface area contributed by atoms with E-state index in [1.165, 1.54) is 20.2 Å². The van der Waals surface area contributed by atoms with Crippen LogP contribution in [-0.2, 0) is 16.4 Å². The monoisotopic (exact) mass is 314 g/mol. The van der Waals surface area contributed by atoms with E-state index >= 15 is 0 Å². The molecular formula is C12H15FN4O3S. The van der Waals surface area contributed by atoms with Crippen LogP contribution in [0.2, 0.25) is 0 Å². The number of rotatable bonds is 5. The number of aryl methyl sites for hydroxylation is 1. The molecule has 0 saturated carbocycles. The summed E-state index contributed by atoms with van der Waals surface area (Å²) in [5.74, 6) is -0.306. The molecule has 0 radical (unpaired) electrons. The van der Waals surface area contributed by atoms with Gasteiger partial charge in [0.2, 0.25) is 15.9 Å². The molecule has 0 aliphatic heterocycles. The molecule has 0 aliphatic rings. The van der Waals surface area contributed by atoms with Crippen molar-refractivity contribution in [2.45, 2.75) is 25.2 Å². The highest BCUT2D eigenvalue weighted by Gasteiger charge is 2.22. The Bertz CT molecular complexity index is 744. The van der Waals surface area contributed by atoms with E-state index in [0.29, 0.717) is 11.5 Å². The fraction of sp³-hybridized carbons (Fsp3) is 0.333. The van der Waals surface area contributed by atoms with Crippen molar-refractivity contribution in [2.75, 3.05) is 12.3 Å². The van der Waals surface area contributed by atoms with Crippen molar-refractivity contribution in [1.82, 2.24) is 14.9 Å². The Morgan fingerprint density at radius 3 is 2.76 bits per heavy atom. The van der Waals surface area contributed by atoms with Crippen LogP contribution in [0.25, 0.3) is 0 Å². The minimum atomic E-state index is -3.80. The van der Waals surface area contributed by atoms with Crippen LogP contribution in [0.1, 0.15) is 17.0 Å². The highest BCUT2D eigenvalue weighted by atomic mass is 32.2. The molecule has 0 fully saturated rings. The van der Waals surface area contributed by atoms with Gasteiger partial charge in [0, 0.05) is 13.0 Å². The van der Waals surface area contributed by atoms with Crippen molar-refractivity contribution in [3.8, 4) is 0 Å². The van der Waals surface area contributed by atoms with Crippen molar-refractivity contribution in [3.63, 3.8) is 0 Å². The van der Waals surface area contributed by atoms with Gasteiger partial charge in [-0.05, 0) is 31.0 Å². The third-order valence-electron chi connectivity index (χ3n) is 3.01. The van der Waals surface area contributed by atoms with Crippen molar-refractivity contribution in [2.24, 2.45) is 0 Å². The lowest BCUT2D eigenvalue weighted by Crippen LogP contribution is -2.27. The SMILES string of the molecule is Cc1cc(F)c(N)c(C)c1S(=O)(=O)NCCc1ncno1. The lowest BCUT2D eigenvalue weighted by molar-refractivity contribution is 0.377. The molecule has 114 valence electrons. The summed E-state index contributed by atoms with van der Waals surface area (Å²) >= 11 is 0. The van der Waals surface area contributed by atoms with Crippen LogP contribution < -0.4 is 10.5 Å². The van der Waals surface area contributed by atoms with Gasteiger partial charge in [-0.25, -0.2) is 17.5 Å². The molecule has 1 aromatic carbocycles. The summed E-state index contributed by atoms with van der Waals surface area (Å²) in [4.78, 5) is 3.78. The van der Waals surface area contributed by atoms with Gasteiger partial charge in [-0.3, -0.25) is 0 Å². The van der Waals surface area contributed by atoms with Gasteiger partial charge in [-0.1, -0.05) is 5.16 Å². The first-order valence-corrected chi connectivity index (χ1v) is 7.61. The van der Waals surface area contributed by atoms with Gasteiger partial charge in [0.1, 0.15) is 5.82 Å². The van der Waals surface area contributed by atoms with Crippen molar-refractivity contribution >= 4 is 15.7 Å². The molecule has 0 unspecified atom stereocenters. The first-order chi connectivity index (χ1) is 9.83. The molecule has 21 heavy (non-hydrogen) atoms. The van der Waals surface area contributed by atoms with Gasteiger partial charge in [-0.2, -0.15) is 4.98 Å². The van der Waals surface area contributed by atoms with Gasteiger partial charge >= 0.3 is 0 Å². The smallest absolute Gasteiger partial charge is 0.241 e. The molecule has 9 heteroatoms. The summed E-state index contributed by atoms with van der Waals surface area (Å²) in [5.41, 5.74) is 5.87. The summed E-state index contributed by atoms with van der Waals surface area (Å²) < 4.78 is 45.3. The van der Waals surface area contributed by atoms with Crippen molar-refractivity contribution in [3.05, 3.63) is 35.2 Å². The van der Waals surface area contributed by atoms with Gasteiger partial charge in [0.25, 0.3) is 0 Å². The lowest BCUT2D eigenvalue weighted by Gasteiger charge is -2.14. The minimum absolute atomic E-state index is 0.00747. The van der Waals surface area contributed by atoms with Gasteiger partial charge < -0.3 is 10.3 Å². The Hall–Kier alpha value is -2.00. The summed E-state index contributed by atoms with van der Waals surface area (Å²) in [6.45, 7) is 3.07. The Morgan fingerprint density at radius 1 is 1.43 bits per heavy atom. The molecule has 0 saturated heterocycles. The molecule has 0 aliphatic carbocycles. The normalized spacial score (nSPS) is 11.8. The summed E-state index contributed by atoms with van der Waals surface area (Å²) in [6, 6.07) is 1.11. The summed E-state index contributed by atoms with van der Waals surface area (Å²) in [6.07, 6.45) is 1.49. The lowest BCUT2D eigenvalue weighted by atomic mass is 10.1. The zero-order chi connectivity index (χ0) is 15.6. The zero-order valence-electron chi connectivity index (χ0n) is 11.6. The molecule has 1 heterocycles. The number of hydrogen-bond donors (Lipinski definition) is 2. The fourth-order valence-electron chi connectivity index (χ4n) is 2.01. The number of benzene rings is 1. The van der Waals surface area contributed by atoms with Gasteiger partial charge in [0.15, 0.2) is 6.33 Å². The third kappa shape index (κ3) is 3.19. The van der Waals surface area contributed by atoms with E-state index < -0.39 is 15.8 Å². The Morgan fingerprint density at radius 2 is 2.14 bits per heavy atom. The number of anilines is 1. The summed E-state index contributed by atoms with van der Waals surface area (Å²) in [7, 11) is -3.80. The van der Waals surface area contributed by atoms with Crippen LogP contribution in [0.15, 0.2) is 21.8 Å². The Balaban J connectivity index is 2.22. The molecule has 3 N–H and O–H groups in total. The van der Waals surface area contributed by atoms with Crippen LogP contribution in [0.5, 0.6) is 0 Å². The predicted molar refractivity (Wildman–Crippen MR) is 73.5 cm³/mol. The average Bonchev–Trinajstić information content (AvgIpc) is 2.88. The van der Waals surface area contributed by atoms with E-state index in [0.717, 1.165) is 6.07 Å². The Kier molecular flexibility index (Phi) is 4.24. The van der Waals surface area contributed by atoms with Crippen LogP contribution in [0, 0.1) is 19.7 Å². The van der Waals surface area contributed by atoms with Gasteiger partial charge in [0.05, 0.1) is 10.6 Å². The minimum Gasteiger partial charge on any atom is -0.396 e. The molecule has 2 rings (SSSR count). The number of nitrogens with zero attached hydrogens (tertiary/aromatic N) is 2. The van der Waals surface area contributed by atoms with Crippen LogP contribution in [0.3, 0.4) is 0 Å². The zero-order valence-corrected chi connectivity index (χ0v) is 12.4. The number of nitrogens with two attached hydrogens (primary N) is 1. The first-order valence-electron chi connectivity index (χ1n) is 6.13. The molecule has 7 nitrogen and oxygen atoms in total. The van der Waals surface area contributed by atoms with E-state index in [1.54, 1.807) is 0 Å². The number of halogens is 1. The molecule has 0 spiro atoms. The van der Waals surface area contributed by atoms with E-state index in [2.05, 4.69) is 14.9 Å². The molecule has 0 atom stereocenters. The third-order valence-corrected chi connectivity index (χ3v) is 4.76. The highest BCUT2D eigenvalue weighted by Crippen LogP contribution is 2.27. The van der Waals surface area contributed by atoms with E-state index in [1.807, 2.05) is 0 Å². The second-order valence-electron chi connectivity index (χ2n) is 4.53. The Labute approximate surface area is 121 Å². The predicted octanol–water partition coefficient (Wildman–Crippen LogP) is 0.929. The molecule has 2 aromatic rings. The second-order valence-corrected chi connectivity index (χ2v) is 6.23. The number of hydrogen-bond acceptors (Lipinski definition) is 6. The number of sulfonamides is 1. The largest absolute Gasteiger partial charge is 0.396 e. The molecule has 1 aromatic heterocycles. The van der Waals surface area contributed by atoms with Crippen LogP contribution in [-0.4, -0.2) is 25.1 Å². The maximum atomic E-state index is 13.5. The van der Waals surface area contributed by atoms with E-state index in [4.69, 9.17) is 10.3 Å². The highest BCUT2D eigenvalue weighted by molar-refractivity contribution is 7.89. The van der Waals surface area contributed by atoms with Crippen LogP contribution in [0.4, 0.5) is 10.1 Å². The topological polar surface area (TPSA) is 111 Å². The fourth-order valence-corrected chi connectivity index (χ4v) is 3.53. The van der Waals surface area contributed by atoms with Gasteiger partial charge in [-0.15, -0.1) is 0 Å². The van der Waals surface area contributed by atoms with Crippen molar-refractivity contribution < 1.29 is 17.3 Å². The van der Waals surface area contributed by atoms with E-state index in [-0.39, 0.29) is 29.1 Å². The second kappa shape index (κ2) is 5.78. The first kappa shape index (κ1) is 15.4. The maximum absolute atomic E-state index is 13.5. The number of nitrogen functional groups attached to an aromatic ring is 1. The van der Waals surface area contributed by atoms with Crippen LogP contribution >= 0.6 is 0 Å². The van der Waals surface area contributed by atoms with Crippen molar-refractivity contribution in [1.29, 1.82) is 0 Å². The average molecular weight is 314 g/mol. The number of aromatic nitrogens is 2. The number of nitrogens with one attached hydrogen (secondary N) is 1. The molecular weight excluding hydrogens is 299 g/mol. The quantitative estimate of drug-likeness (QED) is 0.794. The van der Waals surface area contributed by atoms with E-state index in [9.17, 15) is 12.8 Å².